The molecule has 0 bridgehead atoms. The summed E-state index contributed by atoms with van der Waals surface area (Å²) in [6, 6.07) is 0. The third-order valence-electron chi connectivity index (χ3n) is 2.04. The number of rotatable bonds is 4. The van der Waals surface area contributed by atoms with Gasteiger partial charge in [-0.15, -0.1) is 0 Å². The highest BCUT2D eigenvalue weighted by Crippen LogP contribution is 2.20. The fourth-order valence-corrected chi connectivity index (χ4v) is 1.17. The van der Waals surface area contributed by atoms with Crippen molar-refractivity contribution in [3.63, 3.8) is 0 Å². The number of hydrogen-bond donors (Lipinski definition) is 3. The van der Waals surface area contributed by atoms with E-state index in [1.807, 2.05) is 0 Å². The highest BCUT2D eigenvalue weighted by atomic mass is 19.3. The van der Waals surface area contributed by atoms with Crippen LogP contribution in [0.25, 0.3) is 0 Å². The fourth-order valence-electron chi connectivity index (χ4n) is 1.17. The number of nitrogens with one attached hydrogen (secondary N) is 1. The summed E-state index contributed by atoms with van der Waals surface area (Å²) in [7, 11) is 1.64. The van der Waals surface area contributed by atoms with Gasteiger partial charge in [0, 0.05) is 13.6 Å². The van der Waals surface area contributed by atoms with Crippen molar-refractivity contribution >= 4 is 11.5 Å². The zero-order chi connectivity index (χ0) is 11.6. The quantitative estimate of drug-likeness (QED) is 0.684. The molecule has 4 N–H and O–H groups in total. The van der Waals surface area contributed by atoms with Crippen LogP contribution in [0.5, 0.6) is 0 Å². The van der Waals surface area contributed by atoms with Crippen molar-refractivity contribution in [2.24, 2.45) is 7.05 Å². The number of halogens is 2. The summed E-state index contributed by atoms with van der Waals surface area (Å²) in [6.07, 6.45) is -4.48. The second-order valence-electron chi connectivity index (χ2n) is 3.25. The van der Waals surface area contributed by atoms with Crippen LogP contribution in [0.1, 0.15) is 5.69 Å². The molecular formula is C8H14F2N4O. The molecule has 1 heterocycles. The molecule has 0 spiro atoms. The molecule has 1 rings (SSSR count). The molecule has 1 atom stereocenters. The summed E-state index contributed by atoms with van der Waals surface area (Å²) in [5.41, 5.74) is 6.67. The normalized spacial score (nSPS) is 13.2. The minimum Gasteiger partial charge on any atom is -0.394 e. The van der Waals surface area contributed by atoms with Crippen molar-refractivity contribution in [1.29, 1.82) is 0 Å². The van der Waals surface area contributed by atoms with E-state index in [4.69, 9.17) is 10.8 Å². The molecule has 1 aromatic heterocycles. The highest BCUT2D eigenvalue weighted by molar-refractivity contribution is 5.64. The second kappa shape index (κ2) is 4.43. The largest absolute Gasteiger partial charge is 0.394 e. The number of alkyl halides is 2. The van der Waals surface area contributed by atoms with E-state index in [0.717, 1.165) is 0 Å². The lowest BCUT2D eigenvalue weighted by Gasteiger charge is -2.12. The predicted molar refractivity (Wildman–Crippen MR) is 52.9 cm³/mol. The van der Waals surface area contributed by atoms with Gasteiger partial charge in [0.2, 0.25) is 0 Å². The van der Waals surface area contributed by atoms with E-state index in [0.29, 0.717) is 17.2 Å². The third kappa shape index (κ3) is 2.56. The Kier molecular flexibility index (Phi) is 3.46. The van der Waals surface area contributed by atoms with Gasteiger partial charge < -0.3 is 16.2 Å². The van der Waals surface area contributed by atoms with Crippen LogP contribution in [0.15, 0.2) is 0 Å². The van der Waals surface area contributed by atoms with Crippen molar-refractivity contribution < 1.29 is 13.9 Å². The summed E-state index contributed by atoms with van der Waals surface area (Å²) < 4.78 is 25.4. The maximum absolute atomic E-state index is 12.0. The lowest BCUT2D eigenvalue weighted by molar-refractivity contribution is 0.00378. The van der Waals surface area contributed by atoms with E-state index < -0.39 is 12.5 Å². The van der Waals surface area contributed by atoms with Crippen LogP contribution in [0.3, 0.4) is 0 Å². The SMILES string of the molecule is Cc1nn(C)c(NCC(O)C(F)F)c1N. The minimum absolute atomic E-state index is 0.263. The Balaban J connectivity index is 2.65. The van der Waals surface area contributed by atoms with Gasteiger partial charge in [-0.2, -0.15) is 5.10 Å². The number of aryl methyl sites for hydroxylation is 2. The number of nitrogen functional groups attached to an aromatic ring is 1. The van der Waals surface area contributed by atoms with E-state index in [-0.39, 0.29) is 6.54 Å². The number of aromatic nitrogens is 2. The zero-order valence-corrected chi connectivity index (χ0v) is 8.54. The molecule has 0 aliphatic rings. The molecule has 0 fully saturated rings. The monoisotopic (exact) mass is 220 g/mol. The van der Waals surface area contributed by atoms with Crippen LogP contribution in [-0.2, 0) is 7.05 Å². The Morgan fingerprint density at radius 3 is 2.60 bits per heavy atom. The van der Waals surface area contributed by atoms with Crippen molar-refractivity contribution in [2.45, 2.75) is 19.5 Å². The summed E-state index contributed by atoms with van der Waals surface area (Å²) >= 11 is 0. The first-order chi connectivity index (χ1) is 6.93. The Morgan fingerprint density at radius 1 is 1.60 bits per heavy atom. The molecular weight excluding hydrogens is 206 g/mol. The molecule has 0 aliphatic carbocycles. The summed E-state index contributed by atoms with van der Waals surface area (Å²) in [6.45, 7) is 1.45. The summed E-state index contributed by atoms with van der Waals surface area (Å²) in [5.74, 6) is 0.437. The van der Waals surface area contributed by atoms with Crippen molar-refractivity contribution in [3.05, 3.63) is 5.69 Å². The van der Waals surface area contributed by atoms with Gasteiger partial charge >= 0.3 is 0 Å². The first-order valence-electron chi connectivity index (χ1n) is 4.42. The number of nitrogens with zero attached hydrogens (tertiary/aromatic N) is 2. The smallest absolute Gasteiger partial charge is 0.265 e. The molecule has 1 unspecified atom stereocenters. The van der Waals surface area contributed by atoms with Crippen LogP contribution < -0.4 is 11.1 Å². The Hall–Kier alpha value is -1.37. The van der Waals surface area contributed by atoms with Gasteiger partial charge in [0.25, 0.3) is 6.43 Å². The highest BCUT2D eigenvalue weighted by Gasteiger charge is 2.18. The van der Waals surface area contributed by atoms with Crippen LogP contribution in [-0.4, -0.2) is 34.0 Å². The number of aliphatic hydroxyl groups excluding tert-OH is 1. The van der Waals surface area contributed by atoms with Gasteiger partial charge in [-0.1, -0.05) is 0 Å². The van der Waals surface area contributed by atoms with Crippen LogP contribution >= 0.6 is 0 Å². The van der Waals surface area contributed by atoms with E-state index in [1.165, 1.54) is 4.68 Å². The standard InChI is InChI=1S/C8H14F2N4O/c1-4-6(11)8(14(2)13-4)12-3-5(15)7(9)10/h5,7,12,15H,3,11H2,1-2H3. The van der Waals surface area contributed by atoms with E-state index in [1.54, 1.807) is 14.0 Å². The molecule has 0 aliphatic heterocycles. The summed E-state index contributed by atoms with van der Waals surface area (Å²) in [5, 5.41) is 15.5. The first-order valence-corrected chi connectivity index (χ1v) is 4.42. The molecule has 1 aromatic rings. The molecule has 15 heavy (non-hydrogen) atoms. The zero-order valence-electron chi connectivity index (χ0n) is 8.54. The van der Waals surface area contributed by atoms with Gasteiger partial charge in [-0.25, -0.2) is 8.78 Å². The topological polar surface area (TPSA) is 76.1 Å². The number of nitrogens with two attached hydrogens (primary N) is 1. The lowest BCUT2D eigenvalue weighted by atomic mass is 10.3. The molecule has 5 nitrogen and oxygen atoms in total. The second-order valence-corrected chi connectivity index (χ2v) is 3.25. The maximum Gasteiger partial charge on any atom is 0.265 e. The molecule has 86 valence electrons. The fraction of sp³-hybridized carbons (Fsp3) is 0.625. The molecule has 0 saturated carbocycles. The Labute approximate surface area is 85.9 Å². The molecule has 0 amide bonds. The summed E-state index contributed by atoms with van der Waals surface area (Å²) in [4.78, 5) is 0. The van der Waals surface area contributed by atoms with Gasteiger partial charge in [0.05, 0.1) is 11.4 Å². The number of hydrogen-bond acceptors (Lipinski definition) is 4. The van der Waals surface area contributed by atoms with E-state index >= 15 is 0 Å². The minimum atomic E-state index is -2.77. The van der Waals surface area contributed by atoms with Crippen LogP contribution in [0.2, 0.25) is 0 Å². The van der Waals surface area contributed by atoms with Crippen LogP contribution in [0.4, 0.5) is 20.3 Å². The molecule has 0 radical (unpaired) electrons. The number of anilines is 2. The molecule has 0 saturated heterocycles. The maximum atomic E-state index is 12.0. The van der Waals surface area contributed by atoms with Gasteiger partial charge in [0.1, 0.15) is 11.9 Å². The van der Waals surface area contributed by atoms with Crippen LogP contribution in [0, 0.1) is 6.92 Å². The van der Waals surface area contributed by atoms with Crippen molar-refractivity contribution in [2.75, 3.05) is 17.6 Å². The van der Waals surface area contributed by atoms with E-state index in [9.17, 15) is 8.78 Å². The van der Waals surface area contributed by atoms with Gasteiger partial charge in [-0.05, 0) is 6.92 Å². The third-order valence-corrected chi connectivity index (χ3v) is 2.04. The van der Waals surface area contributed by atoms with E-state index in [2.05, 4.69) is 10.4 Å². The number of aliphatic hydroxyl groups is 1. The molecule has 0 aromatic carbocycles. The Bertz CT molecular complexity index is 340. The molecule has 7 heteroatoms. The Morgan fingerprint density at radius 2 is 2.20 bits per heavy atom. The predicted octanol–water partition coefficient (Wildman–Crippen LogP) is 0.349. The lowest BCUT2D eigenvalue weighted by Crippen LogP contribution is -2.27. The van der Waals surface area contributed by atoms with Crippen molar-refractivity contribution in [3.8, 4) is 0 Å². The average Bonchev–Trinajstić information content (AvgIpc) is 2.38. The average molecular weight is 220 g/mol. The first kappa shape index (κ1) is 11.7. The van der Waals surface area contributed by atoms with Gasteiger partial charge in [0.15, 0.2) is 0 Å². The van der Waals surface area contributed by atoms with Gasteiger partial charge in [-0.3, -0.25) is 4.68 Å². The van der Waals surface area contributed by atoms with Crippen molar-refractivity contribution in [1.82, 2.24) is 9.78 Å².